The molecule has 1 amide bonds. The molecule has 1 spiro atoms. The first kappa shape index (κ1) is 24.2. The lowest BCUT2D eigenvalue weighted by molar-refractivity contribution is 0.0790. The van der Waals surface area contributed by atoms with Crippen molar-refractivity contribution in [2.75, 3.05) is 11.9 Å². The minimum absolute atomic E-state index is 0.00799. The first-order chi connectivity index (χ1) is 18.0. The number of benzene rings is 4. The minimum Gasteiger partial charge on any atom is -0.459 e. The summed E-state index contributed by atoms with van der Waals surface area (Å²) in [6, 6.07) is 23.6. The molecule has 2 heterocycles. The molecule has 0 aliphatic carbocycles. The molecule has 192 valence electrons. The van der Waals surface area contributed by atoms with Gasteiger partial charge in [0.2, 0.25) is 5.72 Å². The van der Waals surface area contributed by atoms with E-state index in [0.717, 1.165) is 27.6 Å². The third-order valence-electron chi connectivity index (χ3n) is 7.74. The third kappa shape index (κ3) is 3.36. The van der Waals surface area contributed by atoms with Crippen LogP contribution in [0, 0.1) is 6.92 Å². The number of amides is 1. The highest BCUT2D eigenvalue weighted by molar-refractivity contribution is 7.90. The molecular formula is C30H27N3O4S. The average Bonchev–Trinajstić information content (AvgIpc) is 3.06. The molecule has 0 saturated carbocycles. The standard InChI is InChI=1S/C30H27N3O4S/c1-19-13-15-21(16-14-19)38(35,36)32-28(34)23-17-20-9-5-6-10-22(20)26-27(23)37-30(18-31-26)29(2,3)24-11-7-8-12-25(24)33(30)4/h5-18H,1-4H3,(H,32,34). The van der Waals surface area contributed by atoms with Crippen molar-refractivity contribution in [2.24, 2.45) is 4.99 Å². The minimum atomic E-state index is -4.11. The molecule has 0 bridgehead atoms. The molecule has 8 heteroatoms. The number of nitrogens with zero attached hydrogens (tertiary/aromatic N) is 2. The zero-order valence-corrected chi connectivity index (χ0v) is 22.3. The summed E-state index contributed by atoms with van der Waals surface area (Å²) in [5, 5.41) is 1.56. The second-order valence-electron chi connectivity index (χ2n) is 10.3. The topological polar surface area (TPSA) is 88.1 Å². The number of likely N-dealkylation sites (N-methyl/N-ethyl adjacent to an activating group) is 1. The Morgan fingerprint density at radius 3 is 2.39 bits per heavy atom. The lowest BCUT2D eigenvalue weighted by Gasteiger charge is -2.45. The van der Waals surface area contributed by atoms with Gasteiger partial charge in [0.05, 0.1) is 22.1 Å². The third-order valence-corrected chi connectivity index (χ3v) is 9.08. The number of carbonyl (C=O) groups is 1. The number of aliphatic imine (C=N–C) groups is 1. The molecule has 4 aromatic rings. The highest BCUT2D eigenvalue weighted by Crippen LogP contribution is 2.54. The summed E-state index contributed by atoms with van der Waals surface area (Å²) in [5.41, 5.74) is 2.04. The van der Waals surface area contributed by atoms with E-state index in [1.165, 1.54) is 12.1 Å². The molecule has 38 heavy (non-hydrogen) atoms. The lowest BCUT2D eigenvalue weighted by atomic mass is 9.77. The number of para-hydroxylation sites is 1. The van der Waals surface area contributed by atoms with E-state index < -0.39 is 27.1 Å². The van der Waals surface area contributed by atoms with E-state index in [1.54, 1.807) is 24.4 Å². The van der Waals surface area contributed by atoms with Gasteiger partial charge in [0.1, 0.15) is 5.69 Å². The van der Waals surface area contributed by atoms with Crippen LogP contribution >= 0.6 is 0 Å². The molecule has 0 radical (unpaired) electrons. The van der Waals surface area contributed by atoms with E-state index in [1.807, 2.05) is 61.3 Å². The van der Waals surface area contributed by atoms with Crippen LogP contribution in [0.5, 0.6) is 5.75 Å². The Morgan fingerprint density at radius 1 is 0.974 bits per heavy atom. The quantitative estimate of drug-likeness (QED) is 0.382. The Kier molecular flexibility index (Phi) is 5.20. The highest BCUT2D eigenvalue weighted by Gasteiger charge is 2.59. The van der Waals surface area contributed by atoms with Crippen molar-refractivity contribution in [3.05, 3.63) is 95.6 Å². The fourth-order valence-electron chi connectivity index (χ4n) is 5.53. The number of anilines is 1. The van der Waals surface area contributed by atoms with Gasteiger partial charge in [-0.25, -0.2) is 13.1 Å². The number of ether oxygens (including phenoxy) is 1. The zero-order valence-electron chi connectivity index (χ0n) is 21.5. The van der Waals surface area contributed by atoms with Gasteiger partial charge < -0.3 is 9.64 Å². The molecule has 2 aliphatic heterocycles. The summed E-state index contributed by atoms with van der Waals surface area (Å²) < 4.78 is 35.3. The maximum absolute atomic E-state index is 13.6. The van der Waals surface area contributed by atoms with Crippen molar-refractivity contribution in [3.8, 4) is 5.75 Å². The first-order valence-electron chi connectivity index (χ1n) is 12.3. The summed E-state index contributed by atoms with van der Waals surface area (Å²) in [6.07, 6.45) is 1.80. The van der Waals surface area contributed by atoms with Crippen molar-refractivity contribution in [1.82, 2.24) is 4.72 Å². The van der Waals surface area contributed by atoms with Gasteiger partial charge in [-0.3, -0.25) is 9.79 Å². The summed E-state index contributed by atoms with van der Waals surface area (Å²) in [5.74, 6) is -0.536. The fourth-order valence-corrected chi connectivity index (χ4v) is 6.49. The smallest absolute Gasteiger partial charge is 0.268 e. The summed E-state index contributed by atoms with van der Waals surface area (Å²) in [7, 11) is -2.18. The van der Waals surface area contributed by atoms with Crippen molar-refractivity contribution in [1.29, 1.82) is 0 Å². The molecule has 0 saturated heterocycles. The van der Waals surface area contributed by atoms with Crippen LogP contribution < -0.4 is 14.4 Å². The zero-order chi connectivity index (χ0) is 26.9. The van der Waals surface area contributed by atoms with E-state index in [4.69, 9.17) is 9.73 Å². The normalized spacial score (nSPS) is 19.2. The van der Waals surface area contributed by atoms with Gasteiger partial charge in [-0.05, 0) is 56.0 Å². The number of nitrogens with one attached hydrogen (secondary N) is 1. The molecule has 1 unspecified atom stereocenters. The van der Waals surface area contributed by atoms with Gasteiger partial charge in [-0.15, -0.1) is 0 Å². The average molecular weight is 526 g/mol. The van der Waals surface area contributed by atoms with Gasteiger partial charge in [-0.1, -0.05) is 60.2 Å². The molecule has 0 aromatic heterocycles. The number of fused-ring (bicyclic) bond motifs is 4. The van der Waals surface area contributed by atoms with E-state index >= 15 is 0 Å². The van der Waals surface area contributed by atoms with Gasteiger partial charge >= 0.3 is 0 Å². The lowest BCUT2D eigenvalue weighted by Crippen LogP contribution is -2.61. The number of hydrogen-bond acceptors (Lipinski definition) is 6. The number of aryl methyl sites for hydroxylation is 1. The van der Waals surface area contributed by atoms with Crippen molar-refractivity contribution in [2.45, 2.75) is 36.8 Å². The Bertz CT molecular complexity index is 1760. The number of carbonyl (C=O) groups excluding carboxylic acids is 1. The maximum Gasteiger partial charge on any atom is 0.268 e. The SMILES string of the molecule is Cc1ccc(S(=O)(=O)NC(=O)c2cc3ccccc3c3c2OC2(C=N3)N(C)c3ccccc3C2(C)C)cc1. The van der Waals surface area contributed by atoms with Crippen LogP contribution in [0.2, 0.25) is 0 Å². The van der Waals surface area contributed by atoms with Crippen LogP contribution in [0.15, 0.2) is 88.8 Å². The summed E-state index contributed by atoms with van der Waals surface area (Å²) >= 11 is 0. The van der Waals surface area contributed by atoms with Crippen LogP contribution in [0.1, 0.15) is 35.3 Å². The van der Waals surface area contributed by atoms with Crippen LogP contribution in [0.4, 0.5) is 11.4 Å². The fraction of sp³-hybridized carbons (Fsp3) is 0.200. The van der Waals surface area contributed by atoms with Crippen molar-refractivity contribution in [3.63, 3.8) is 0 Å². The van der Waals surface area contributed by atoms with Gasteiger partial charge in [0, 0.05) is 18.1 Å². The monoisotopic (exact) mass is 525 g/mol. The molecule has 1 atom stereocenters. The number of sulfonamides is 1. The van der Waals surface area contributed by atoms with Crippen LogP contribution in [-0.4, -0.2) is 33.3 Å². The molecule has 4 aromatic carbocycles. The Labute approximate surface area is 221 Å². The largest absolute Gasteiger partial charge is 0.459 e. The summed E-state index contributed by atoms with van der Waals surface area (Å²) in [6.45, 7) is 6.02. The van der Waals surface area contributed by atoms with E-state index in [2.05, 4.69) is 24.6 Å². The molecular weight excluding hydrogens is 498 g/mol. The van der Waals surface area contributed by atoms with E-state index in [-0.39, 0.29) is 16.2 Å². The number of hydrogen-bond donors (Lipinski definition) is 1. The van der Waals surface area contributed by atoms with E-state index in [9.17, 15) is 13.2 Å². The van der Waals surface area contributed by atoms with Crippen molar-refractivity contribution < 1.29 is 17.9 Å². The molecule has 7 nitrogen and oxygen atoms in total. The van der Waals surface area contributed by atoms with Gasteiger partial charge in [-0.2, -0.15) is 0 Å². The number of rotatable bonds is 3. The van der Waals surface area contributed by atoms with Gasteiger partial charge in [0.15, 0.2) is 5.75 Å². The Morgan fingerprint density at radius 2 is 1.66 bits per heavy atom. The van der Waals surface area contributed by atoms with Crippen molar-refractivity contribution >= 4 is 44.3 Å². The van der Waals surface area contributed by atoms with Crippen LogP contribution in [0.25, 0.3) is 10.8 Å². The first-order valence-corrected chi connectivity index (χ1v) is 13.8. The summed E-state index contributed by atoms with van der Waals surface area (Å²) in [4.78, 5) is 20.5. The van der Waals surface area contributed by atoms with Crippen LogP contribution in [-0.2, 0) is 15.4 Å². The highest BCUT2D eigenvalue weighted by atomic mass is 32.2. The van der Waals surface area contributed by atoms with Gasteiger partial charge in [0.25, 0.3) is 15.9 Å². The molecule has 0 fully saturated rings. The predicted octanol–water partition coefficient (Wildman–Crippen LogP) is 5.49. The molecule has 6 rings (SSSR count). The Hall–Kier alpha value is -4.17. The van der Waals surface area contributed by atoms with Crippen LogP contribution in [0.3, 0.4) is 0 Å². The molecule has 2 aliphatic rings. The molecule has 1 N–H and O–H groups in total. The van der Waals surface area contributed by atoms with E-state index in [0.29, 0.717) is 5.69 Å². The second kappa shape index (κ2) is 8.16. The predicted molar refractivity (Wildman–Crippen MR) is 149 cm³/mol. The maximum atomic E-state index is 13.6. The Balaban J connectivity index is 1.49. The second-order valence-corrected chi connectivity index (χ2v) is 12.0.